The third kappa shape index (κ3) is 2.87. The molecule has 1 amide bonds. The zero-order valence-electron chi connectivity index (χ0n) is 15.9. The van der Waals surface area contributed by atoms with Gasteiger partial charge in [0.25, 0.3) is 17.0 Å². The van der Waals surface area contributed by atoms with Gasteiger partial charge in [0, 0.05) is 44.9 Å². The van der Waals surface area contributed by atoms with Gasteiger partial charge in [0.15, 0.2) is 0 Å². The van der Waals surface area contributed by atoms with E-state index >= 15 is 0 Å². The van der Waals surface area contributed by atoms with Gasteiger partial charge in [-0.25, -0.2) is 4.98 Å². The normalized spacial score (nSPS) is 14.1. The Kier molecular flexibility index (Phi) is 4.56. The second-order valence-electron chi connectivity index (χ2n) is 6.93. The van der Waals surface area contributed by atoms with E-state index in [1.807, 2.05) is 13.8 Å². The largest absolute Gasteiger partial charge is 0.338 e. The van der Waals surface area contributed by atoms with Crippen LogP contribution in [0.3, 0.4) is 0 Å². The van der Waals surface area contributed by atoms with Crippen molar-refractivity contribution in [1.82, 2.24) is 19.0 Å². The van der Waals surface area contributed by atoms with Crippen molar-refractivity contribution in [3.8, 4) is 0 Å². The second-order valence-corrected chi connectivity index (χ2v) is 6.93. The monoisotopic (exact) mass is 356 g/mol. The fraction of sp³-hybridized carbons (Fsp3) is 0.474. The van der Waals surface area contributed by atoms with Gasteiger partial charge in [0.05, 0.1) is 5.69 Å². The summed E-state index contributed by atoms with van der Waals surface area (Å²) in [4.78, 5) is 44.1. The van der Waals surface area contributed by atoms with Crippen LogP contribution in [0.25, 0.3) is 0 Å². The third-order valence-corrected chi connectivity index (χ3v) is 5.43. The lowest BCUT2D eigenvalue weighted by Gasteiger charge is -2.21. The van der Waals surface area contributed by atoms with Crippen LogP contribution >= 0.6 is 0 Å². The summed E-state index contributed by atoms with van der Waals surface area (Å²) in [7, 11) is 3.38. The smallest absolute Gasteiger partial charge is 0.263 e. The number of amides is 1. The first-order valence-corrected chi connectivity index (χ1v) is 8.74. The van der Waals surface area contributed by atoms with Crippen molar-refractivity contribution >= 4 is 5.91 Å². The molecular weight excluding hydrogens is 332 g/mol. The summed E-state index contributed by atoms with van der Waals surface area (Å²) < 4.78 is 3.05. The lowest BCUT2D eigenvalue weighted by Crippen LogP contribution is -2.38. The molecule has 7 heteroatoms. The molecule has 0 atom stereocenters. The molecule has 0 bridgehead atoms. The van der Waals surface area contributed by atoms with E-state index in [1.54, 1.807) is 32.0 Å². The lowest BCUT2D eigenvalue weighted by atomic mass is 10.1. The first-order valence-electron chi connectivity index (χ1n) is 8.74. The Hall–Kier alpha value is -2.70. The number of nitrogens with zero attached hydrogens (tertiary/aromatic N) is 4. The molecule has 0 spiro atoms. The van der Waals surface area contributed by atoms with E-state index in [0.29, 0.717) is 37.3 Å². The van der Waals surface area contributed by atoms with Crippen molar-refractivity contribution in [2.75, 3.05) is 13.1 Å². The van der Waals surface area contributed by atoms with Crippen LogP contribution < -0.4 is 11.1 Å². The minimum atomic E-state index is -0.287. The van der Waals surface area contributed by atoms with Crippen molar-refractivity contribution in [2.45, 2.75) is 33.6 Å². The van der Waals surface area contributed by atoms with E-state index in [0.717, 1.165) is 17.0 Å². The van der Waals surface area contributed by atoms with Gasteiger partial charge in [0.2, 0.25) is 0 Å². The SMILES string of the molecule is Cc1cc(C(=O)N2CCc3nc(C)n(C)c(=O)c3CC2)c(=O)n(C)c1C. The van der Waals surface area contributed by atoms with Gasteiger partial charge in [0.1, 0.15) is 11.4 Å². The van der Waals surface area contributed by atoms with Crippen LogP contribution in [0.1, 0.15) is 38.7 Å². The summed E-state index contributed by atoms with van der Waals surface area (Å²) in [6, 6.07) is 1.67. The molecule has 2 aromatic heterocycles. The zero-order valence-corrected chi connectivity index (χ0v) is 15.9. The van der Waals surface area contributed by atoms with Crippen LogP contribution in [0.2, 0.25) is 0 Å². The molecule has 0 N–H and O–H groups in total. The third-order valence-electron chi connectivity index (χ3n) is 5.43. The molecule has 0 aromatic carbocycles. The first-order chi connectivity index (χ1) is 12.2. The number of aromatic nitrogens is 3. The Bertz CT molecular complexity index is 1020. The van der Waals surface area contributed by atoms with Crippen LogP contribution in [0.15, 0.2) is 15.7 Å². The highest BCUT2D eigenvalue weighted by atomic mass is 16.2. The fourth-order valence-electron chi connectivity index (χ4n) is 3.37. The van der Waals surface area contributed by atoms with E-state index in [9.17, 15) is 14.4 Å². The average Bonchev–Trinajstić information content (AvgIpc) is 2.83. The number of carbonyl (C=O) groups is 1. The van der Waals surface area contributed by atoms with Crippen molar-refractivity contribution in [3.05, 3.63) is 60.7 Å². The summed E-state index contributed by atoms with van der Waals surface area (Å²) in [6.45, 7) is 6.40. The highest BCUT2D eigenvalue weighted by Gasteiger charge is 2.25. The Morgan fingerprint density at radius 1 is 1.00 bits per heavy atom. The van der Waals surface area contributed by atoms with Gasteiger partial charge < -0.3 is 9.47 Å². The molecule has 1 aliphatic heterocycles. The molecule has 3 heterocycles. The summed E-state index contributed by atoms with van der Waals surface area (Å²) >= 11 is 0. The molecule has 1 aliphatic rings. The molecule has 7 nitrogen and oxygen atoms in total. The Balaban J connectivity index is 1.94. The van der Waals surface area contributed by atoms with Crippen LogP contribution in [-0.4, -0.2) is 38.0 Å². The van der Waals surface area contributed by atoms with Crippen LogP contribution in [0, 0.1) is 20.8 Å². The molecule has 0 saturated heterocycles. The topological polar surface area (TPSA) is 77.2 Å². The summed E-state index contributed by atoms with van der Waals surface area (Å²) in [5.41, 5.74) is 3.01. The van der Waals surface area contributed by atoms with E-state index < -0.39 is 0 Å². The predicted octanol–water partition coefficient (Wildman–Crippen LogP) is 0.645. The molecular formula is C19H24N4O3. The van der Waals surface area contributed by atoms with Crippen molar-refractivity contribution < 1.29 is 4.79 Å². The average molecular weight is 356 g/mol. The van der Waals surface area contributed by atoms with Gasteiger partial charge in [-0.3, -0.25) is 19.0 Å². The Morgan fingerprint density at radius 3 is 2.35 bits per heavy atom. The number of hydrogen-bond donors (Lipinski definition) is 0. The number of rotatable bonds is 1. The Labute approximate surface area is 151 Å². The van der Waals surface area contributed by atoms with E-state index in [-0.39, 0.29) is 22.6 Å². The Morgan fingerprint density at radius 2 is 1.65 bits per heavy atom. The summed E-state index contributed by atoms with van der Waals surface area (Å²) in [5.74, 6) is 0.381. The standard InChI is InChI=1S/C19H24N4O3/c1-11-10-15(18(25)21(4)12(11)2)19(26)23-8-6-14-16(7-9-23)20-13(3)22(5)17(14)24/h10H,6-9H2,1-5H3. The summed E-state index contributed by atoms with van der Waals surface area (Å²) in [5, 5.41) is 0. The quantitative estimate of drug-likeness (QED) is 0.752. The molecule has 3 rings (SSSR count). The lowest BCUT2D eigenvalue weighted by molar-refractivity contribution is 0.0760. The number of aryl methyl sites for hydroxylation is 2. The minimum absolute atomic E-state index is 0.0520. The van der Waals surface area contributed by atoms with Crippen molar-refractivity contribution in [1.29, 1.82) is 0 Å². The second kappa shape index (κ2) is 6.55. The maximum absolute atomic E-state index is 13.0. The number of hydrogen-bond acceptors (Lipinski definition) is 4. The van der Waals surface area contributed by atoms with Crippen LogP contribution in [0.5, 0.6) is 0 Å². The number of fused-ring (bicyclic) bond motifs is 1. The highest BCUT2D eigenvalue weighted by molar-refractivity contribution is 5.94. The van der Waals surface area contributed by atoms with Gasteiger partial charge in [-0.15, -0.1) is 0 Å². The predicted molar refractivity (Wildman–Crippen MR) is 98.7 cm³/mol. The number of carbonyl (C=O) groups excluding carboxylic acids is 1. The molecule has 0 aliphatic carbocycles. The summed E-state index contributed by atoms with van der Waals surface area (Å²) in [6.07, 6.45) is 0.968. The van der Waals surface area contributed by atoms with Crippen molar-refractivity contribution in [2.24, 2.45) is 14.1 Å². The highest BCUT2D eigenvalue weighted by Crippen LogP contribution is 2.14. The van der Waals surface area contributed by atoms with Gasteiger partial charge >= 0.3 is 0 Å². The van der Waals surface area contributed by atoms with E-state index in [1.165, 1.54) is 9.13 Å². The van der Waals surface area contributed by atoms with Gasteiger partial charge in [-0.1, -0.05) is 0 Å². The van der Waals surface area contributed by atoms with Gasteiger partial charge in [-0.05, 0) is 38.8 Å². The maximum atomic E-state index is 13.0. The van der Waals surface area contributed by atoms with E-state index in [4.69, 9.17) is 0 Å². The first kappa shape index (κ1) is 18.1. The molecule has 0 radical (unpaired) electrons. The van der Waals surface area contributed by atoms with Crippen molar-refractivity contribution in [3.63, 3.8) is 0 Å². The van der Waals surface area contributed by atoms with Crippen LogP contribution in [-0.2, 0) is 26.9 Å². The molecule has 0 unspecified atom stereocenters. The molecule has 0 fully saturated rings. The number of pyridine rings is 1. The van der Waals surface area contributed by atoms with Gasteiger partial charge in [-0.2, -0.15) is 0 Å². The molecule has 2 aromatic rings. The molecule has 0 saturated carbocycles. The maximum Gasteiger partial charge on any atom is 0.263 e. The molecule has 138 valence electrons. The van der Waals surface area contributed by atoms with E-state index in [2.05, 4.69) is 4.98 Å². The minimum Gasteiger partial charge on any atom is -0.338 e. The van der Waals surface area contributed by atoms with Crippen LogP contribution in [0.4, 0.5) is 0 Å². The molecule has 26 heavy (non-hydrogen) atoms. The zero-order chi connectivity index (χ0) is 19.2. The fourth-order valence-corrected chi connectivity index (χ4v) is 3.37.